The van der Waals surface area contributed by atoms with Gasteiger partial charge in [-0.2, -0.15) is 5.10 Å². The maximum Gasteiger partial charge on any atom is 0.305 e. The fraction of sp³-hybridized carbons (Fsp3) is 0.308. The SMILES string of the molecule is COc1ccc([C@H](CC(=O)O)n2cc3ccc(CCC4CCc5cccnc5N4)cc3n2)cn1. The Morgan fingerprint density at radius 2 is 2.18 bits per heavy atom. The van der Waals surface area contributed by atoms with E-state index in [9.17, 15) is 9.90 Å². The monoisotopic (exact) mass is 457 g/mol. The second-order valence-electron chi connectivity index (χ2n) is 8.68. The lowest BCUT2D eigenvalue weighted by atomic mass is 9.96. The van der Waals surface area contributed by atoms with Crippen LogP contribution in [-0.4, -0.2) is 44.0 Å². The molecule has 0 spiro atoms. The van der Waals surface area contributed by atoms with Crippen molar-refractivity contribution in [2.24, 2.45) is 0 Å². The molecule has 5 rings (SSSR count). The van der Waals surface area contributed by atoms with Crippen LogP contribution in [0, 0.1) is 0 Å². The van der Waals surface area contributed by atoms with Crippen molar-refractivity contribution in [1.29, 1.82) is 0 Å². The van der Waals surface area contributed by atoms with Crippen LogP contribution in [0.5, 0.6) is 5.88 Å². The predicted octanol–water partition coefficient (Wildman–Crippen LogP) is 4.26. The number of hydrogen-bond donors (Lipinski definition) is 2. The minimum atomic E-state index is -0.892. The molecule has 1 aromatic carbocycles. The van der Waals surface area contributed by atoms with Crippen LogP contribution in [-0.2, 0) is 17.6 Å². The van der Waals surface area contributed by atoms with Crippen molar-refractivity contribution in [2.75, 3.05) is 12.4 Å². The van der Waals surface area contributed by atoms with Crippen molar-refractivity contribution in [3.05, 3.63) is 77.7 Å². The second kappa shape index (κ2) is 9.51. The van der Waals surface area contributed by atoms with Crippen molar-refractivity contribution in [1.82, 2.24) is 19.7 Å². The van der Waals surface area contributed by atoms with Crippen LogP contribution in [0.4, 0.5) is 5.82 Å². The van der Waals surface area contributed by atoms with Gasteiger partial charge in [-0.1, -0.05) is 18.2 Å². The number of pyridine rings is 2. The maximum absolute atomic E-state index is 11.6. The lowest BCUT2D eigenvalue weighted by Crippen LogP contribution is -2.26. The van der Waals surface area contributed by atoms with Gasteiger partial charge in [-0.15, -0.1) is 0 Å². The van der Waals surface area contributed by atoms with Gasteiger partial charge in [0, 0.05) is 36.1 Å². The number of aryl methyl sites for hydroxylation is 2. The van der Waals surface area contributed by atoms with Crippen LogP contribution in [0.25, 0.3) is 10.9 Å². The molecule has 0 bridgehead atoms. The molecule has 34 heavy (non-hydrogen) atoms. The van der Waals surface area contributed by atoms with E-state index in [1.165, 1.54) is 11.1 Å². The average Bonchev–Trinajstić information content (AvgIpc) is 3.29. The largest absolute Gasteiger partial charge is 0.481 e. The molecule has 3 aromatic heterocycles. The molecule has 174 valence electrons. The summed E-state index contributed by atoms with van der Waals surface area (Å²) in [6.07, 6.45) is 9.40. The second-order valence-corrected chi connectivity index (χ2v) is 8.68. The summed E-state index contributed by atoms with van der Waals surface area (Å²) in [5.41, 5.74) is 4.13. The Morgan fingerprint density at radius 1 is 1.26 bits per heavy atom. The number of benzene rings is 1. The molecule has 2 atom stereocenters. The normalized spacial score (nSPS) is 16.0. The Bertz CT molecular complexity index is 1300. The molecule has 8 nitrogen and oxygen atoms in total. The van der Waals surface area contributed by atoms with Crippen LogP contribution in [0.1, 0.15) is 42.0 Å². The van der Waals surface area contributed by atoms with Gasteiger partial charge in [0.2, 0.25) is 5.88 Å². The number of rotatable bonds is 8. The molecule has 2 N–H and O–H groups in total. The number of carboxylic acid groups (broad SMARTS) is 1. The van der Waals surface area contributed by atoms with E-state index in [1.807, 2.05) is 24.5 Å². The van der Waals surface area contributed by atoms with E-state index in [2.05, 4.69) is 39.6 Å². The molecule has 0 saturated carbocycles. The smallest absolute Gasteiger partial charge is 0.305 e. The van der Waals surface area contributed by atoms with E-state index in [1.54, 1.807) is 24.1 Å². The van der Waals surface area contributed by atoms with Gasteiger partial charge in [0.25, 0.3) is 0 Å². The molecule has 1 aliphatic rings. The minimum Gasteiger partial charge on any atom is -0.481 e. The third-order valence-corrected chi connectivity index (χ3v) is 6.41. The van der Waals surface area contributed by atoms with E-state index in [-0.39, 0.29) is 6.42 Å². The van der Waals surface area contributed by atoms with Crippen molar-refractivity contribution in [2.45, 2.75) is 44.2 Å². The molecule has 4 heterocycles. The van der Waals surface area contributed by atoms with Gasteiger partial charge < -0.3 is 15.2 Å². The van der Waals surface area contributed by atoms with E-state index in [0.717, 1.165) is 48.0 Å². The number of nitrogens with one attached hydrogen (secondary N) is 1. The van der Waals surface area contributed by atoms with Crippen molar-refractivity contribution in [3.63, 3.8) is 0 Å². The van der Waals surface area contributed by atoms with Crippen molar-refractivity contribution < 1.29 is 14.6 Å². The summed E-state index contributed by atoms with van der Waals surface area (Å²) >= 11 is 0. The first-order valence-electron chi connectivity index (χ1n) is 11.5. The van der Waals surface area contributed by atoms with E-state index >= 15 is 0 Å². The highest BCUT2D eigenvalue weighted by Gasteiger charge is 2.21. The van der Waals surface area contributed by atoms with Crippen molar-refractivity contribution in [3.8, 4) is 5.88 Å². The molecular formula is C26H27N5O3. The van der Waals surface area contributed by atoms with Gasteiger partial charge in [-0.3, -0.25) is 9.48 Å². The van der Waals surface area contributed by atoms with Gasteiger partial charge in [0.1, 0.15) is 5.82 Å². The van der Waals surface area contributed by atoms with E-state index in [4.69, 9.17) is 9.84 Å². The summed E-state index contributed by atoms with van der Waals surface area (Å²) in [6.45, 7) is 0. The first-order valence-corrected chi connectivity index (χ1v) is 11.5. The zero-order chi connectivity index (χ0) is 23.5. The molecule has 0 fully saturated rings. The zero-order valence-corrected chi connectivity index (χ0v) is 19.0. The number of hydrogen-bond acceptors (Lipinski definition) is 6. The highest BCUT2D eigenvalue weighted by molar-refractivity contribution is 5.79. The van der Waals surface area contributed by atoms with Crippen molar-refractivity contribution >= 4 is 22.7 Å². The Labute approximate surface area is 197 Å². The summed E-state index contributed by atoms with van der Waals surface area (Å²) in [5.74, 6) is 0.599. The average molecular weight is 458 g/mol. The number of fused-ring (bicyclic) bond motifs is 2. The van der Waals surface area contributed by atoms with E-state index < -0.39 is 12.0 Å². The molecule has 0 saturated heterocycles. The number of carboxylic acids is 1. The number of aromatic nitrogens is 4. The third-order valence-electron chi connectivity index (χ3n) is 6.41. The lowest BCUT2D eigenvalue weighted by molar-refractivity contribution is -0.137. The van der Waals surface area contributed by atoms with Gasteiger partial charge in [-0.25, -0.2) is 9.97 Å². The highest BCUT2D eigenvalue weighted by atomic mass is 16.5. The molecule has 0 amide bonds. The zero-order valence-electron chi connectivity index (χ0n) is 19.0. The Morgan fingerprint density at radius 3 is 2.97 bits per heavy atom. The highest BCUT2D eigenvalue weighted by Crippen LogP contribution is 2.27. The summed E-state index contributed by atoms with van der Waals surface area (Å²) in [4.78, 5) is 20.3. The number of anilines is 1. The number of carbonyl (C=O) groups is 1. The van der Waals surface area contributed by atoms with Crippen LogP contribution in [0.15, 0.2) is 61.1 Å². The first kappa shape index (κ1) is 21.9. The molecule has 4 aromatic rings. The standard InChI is InChI=1S/C26H27N5O3/c1-34-24-11-8-19(15-28-24)23(14-25(32)33)31-16-20-6-4-17(13-22(20)30-31)5-9-21-10-7-18-3-2-12-27-26(18)29-21/h2-4,6,8,11-13,15-16,21,23H,5,7,9-10,14H2,1H3,(H,27,29)(H,32,33)/t21?,23-/m0/s1. The summed E-state index contributed by atoms with van der Waals surface area (Å²) in [5, 5.41) is 18.8. The van der Waals surface area contributed by atoms with Crippen LogP contribution >= 0.6 is 0 Å². The number of nitrogens with zero attached hydrogens (tertiary/aromatic N) is 4. The first-order chi connectivity index (χ1) is 16.6. The van der Waals surface area contributed by atoms with Crippen LogP contribution < -0.4 is 10.1 Å². The summed E-state index contributed by atoms with van der Waals surface area (Å²) in [6, 6.07) is 13.9. The van der Waals surface area contributed by atoms with Gasteiger partial charge in [0.05, 0.1) is 25.1 Å². The maximum atomic E-state index is 11.6. The molecule has 8 heteroatoms. The topological polar surface area (TPSA) is 102 Å². The van der Waals surface area contributed by atoms with Gasteiger partial charge >= 0.3 is 5.97 Å². The summed E-state index contributed by atoms with van der Waals surface area (Å²) in [7, 11) is 1.55. The Balaban J connectivity index is 1.32. The fourth-order valence-corrected chi connectivity index (χ4v) is 4.56. The molecule has 1 aliphatic heterocycles. The fourth-order valence-electron chi connectivity index (χ4n) is 4.56. The Kier molecular flexibility index (Phi) is 6.12. The molecule has 0 radical (unpaired) electrons. The minimum absolute atomic E-state index is 0.0856. The Hall–Kier alpha value is -3.94. The third kappa shape index (κ3) is 4.71. The quantitative estimate of drug-likeness (QED) is 0.408. The van der Waals surface area contributed by atoms with Gasteiger partial charge in [0.15, 0.2) is 0 Å². The summed E-state index contributed by atoms with van der Waals surface area (Å²) < 4.78 is 6.86. The van der Waals surface area contributed by atoms with Crippen LogP contribution in [0.3, 0.4) is 0 Å². The number of methoxy groups -OCH3 is 1. The molecular weight excluding hydrogens is 430 g/mol. The predicted molar refractivity (Wildman–Crippen MR) is 129 cm³/mol. The molecule has 0 aliphatic carbocycles. The number of aliphatic carboxylic acids is 1. The van der Waals surface area contributed by atoms with Gasteiger partial charge in [-0.05, 0) is 60.6 Å². The lowest BCUT2D eigenvalue weighted by Gasteiger charge is -2.26. The van der Waals surface area contributed by atoms with Crippen LogP contribution in [0.2, 0.25) is 0 Å². The molecule has 1 unspecified atom stereocenters. The number of ether oxygens (including phenoxy) is 1. The van der Waals surface area contributed by atoms with E-state index in [0.29, 0.717) is 11.9 Å².